The van der Waals surface area contributed by atoms with Crippen molar-refractivity contribution in [3.63, 3.8) is 0 Å². The molecule has 0 saturated carbocycles. The summed E-state index contributed by atoms with van der Waals surface area (Å²) in [6.45, 7) is 6.15. The van der Waals surface area contributed by atoms with Gasteiger partial charge in [-0.3, -0.25) is 4.79 Å². The third kappa shape index (κ3) is 4.34. The van der Waals surface area contributed by atoms with Crippen molar-refractivity contribution in [2.24, 2.45) is 5.10 Å². The second kappa shape index (κ2) is 7.63. The van der Waals surface area contributed by atoms with Crippen molar-refractivity contribution in [2.75, 3.05) is 0 Å². The summed E-state index contributed by atoms with van der Waals surface area (Å²) >= 11 is 6.19. The van der Waals surface area contributed by atoms with Gasteiger partial charge in [0.1, 0.15) is 0 Å². The number of hydrogen-bond donors (Lipinski definition) is 0. The number of hydrazone groups is 1. The Morgan fingerprint density at radius 3 is 2.62 bits per heavy atom. The van der Waals surface area contributed by atoms with Gasteiger partial charge in [0.2, 0.25) is 5.91 Å². The molecule has 1 aliphatic rings. The fourth-order valence-corrected chi connectivity index (χ4v) is 3.72. The molecule has 0 unspecified atom stereocenters. The van der Waals surface area contributed by atoms with E-state index in [0.717, 1.165) is 36.1 Å². The number of benzene rings is 2. The lowest BCUT2D eigenvalue weighted by molar-refractivity contribution is -0.135. The van der Waals surface area contributed by atoms with E-state index in [0.29, 0.717) is 11.4 Å². The van der Waals surface area contributed by atoms with Gasteiger partial charge in [0.25, 0.3) is 0 Å². The zero-order valence-electron chi connectivity index (χ0n) is 15.6. The van der Waals surface area contributed by atoms with Crippen molar-refractivity contribution in [3.05, 3.63) is 70.2 Å². The Morgan fingerprint density at radius 2 is 1.92 bits per heavy atom. The van der Waals surface area contributed by atoms with Crippen molar-refractivity contribution in [3.8, 4) is 0 Å². The average Bonchev–Trinajstić information content (AvgIpc) is 2.90. The van der Waals surface area contributed by atoms with Crippen LogP contribution in [0.5, 0.6) is 0 Å². The summed E-state index contributed by atoms with van der Waals surface area (Å²) in [5, 5.41) is 7.03. The zero-order chi connectivity index (χ0) is 18.7. The second-order valence-electron chi connectivity index (χ2n) is 7.60. The minimum absolute atomic E-state index is 0.0830. The molecule has 0 aromatic heterocycles. The first-order chi connectivity index (χ1) is 12.3. The summed E-state index contributed by atoms with van der Waals surface area (Å²) in [4.78, 5) is 12.8. The van der Waals surface area contributed by atoms with Crippen LogP contribution in [0.25, 0.3) is 0 Å². The van der Waals surface area contributed by atoms with Gasteiger partial charge in [-0.15, -0.1) is 0 Å². The van der Waals surface area contributed by atoms with Crippen LogP contribution in [0.3, 0.4) is 0 Å². The predicted octanol–water partition coefficient (Wildman–Crippen LogP) is 5.39. The molecular weight excluding hydrogens is 344 g/mol. The molecule has 2 aromatic rings. The molecule has 0 fully saturated rings. The molecule has 136 valence electrons. The number of nitrogens with zero attached hydrogens (tertiary/aromatic N) is 2. The van der Waals surface area contributed by atoms with Crippen LogP contribution in [0.1, 0.15) is 49.8 Å². The van der Waals surface area contributed by atoms with E-state index in [1.807, 2.05) is 37.3 Å². The van der Waals surface area contributed by atoms with Gasteiger partial charge >= 0.3 is 0 Å². The maximum atomic E-state index is 12.8. The predicted molar refractivity (Wildman–Crippen MR) is 108 cm³/mol. The normalized spacial score (nSPS) is 15.8. The zero-order valence-corrected chi connectivity index (χ0v) is 16.4. The molecule has 2 aromatic carbocycles. The standard InChI is InChI=1S/C22H25ClN2O/c1-16-12-18(14-19(23)13-16)20-15-22(2,3)25(24-20)21(26)11-7-10-17-8-5-4-6-9-17/h4-6,8-9,12-14H,7,10-11,15H2,1-3H3. The highest BCUT2D eigenvalue weighted by Crippen LogP contribution is 2.31. The fourth-order valence-electron chi connectivity index (χ4n) is 3.43. The molecular formula is C22H25ClN2O. The molecule has 0 radical (unpaired) electrons. The van der Waals surface area contributed by atoms with E-state index in [4.69, 9.17) is 11.6 Å². The molecule has 26 heavy (non-hydrogen) atoms. The lowest BCUT2D eigenvalue weighted by Gasteiger charge is -2.28. The van der Waals surface area contributed by atoms with Crippen LogP contribution in [0.2, 0.25) is 5.02 Å². The van der Waals surface area contributed by atoms with Gasteiger partial charge in [0, 0.05) is 17.9 Å². The van der Waals surface area contributed by atoms with Crippen LogP contribution in [0.15, 0.2) is 53.6 Å². The highest BCUT2D eigenvalue weighted by molar-refractivity contribution is 6.31. The Hall–Kier alpha value is -2.13. The summed E-state index contributed by atoms with van der Waals surface area (Å²) in [7, 11) is 0. The number of rotatable bonds is 5. The SMILES string of the molecule is Cc1cc(Cl)cc(C2=NN(C(=O)CCCc3ccccc3)C(C)(C)C2)c1. The van der Waals surface area contributed by atoms with Crippen molar-refractivity contribution in [1.82, 2.24) is 5.01 Å². The smallest absolute Gasteiger partial charge is 0.243 e. The van der Waals surface area contributed by atoms with Crippen molar-refractivity contribution in [2.45, 2.75) is 52.0 Å². The Balaban J connectivity index is 1.69. The van der Waals surface area contributed by atoms with Crippen LogP contribution in [-0.2, 0) is 11.2 Å². The molecule has 0 saturated heterocycles. The third-order valence-electron chi connectivity index (χ3n) is 4.70. The van der Waals surface area contributed by atoms with E-state index in [1.54, 1.807) is 5.01 Å². The number of carbonyl (C=O) groups excluding carboxylic acids is 1. The second-order valence-corrected chi connectivity index (χ2v) is 8.03. The molecule has 3 rings (SSSR count). The van der Waals surface area contributed by atoms with Gasteiger partial charge in [0.05, 0.1) is 11.3 Å². The summed E-state index contributed by atoms with van der Waals surface area (Å²) < 4.78 is 0. The number of amides is 1. The minimum Gasteiger partial charge on any atom is -0.273 e. The molecule has 0 atom stereocenters. The Labute approximate surface area is 160 Å². The molecule has 3 nitrogen and oxygen atoms in total. The van der Waals surface area contributed by atoms with E-state index in [1.165, 1.54) is 5.56 Å². The van der Waals surface area contributed by atoms with Crippen LogP contribution in [0.4, 0.5) is 0 Å². The number of carbonyl (C=O) groups is 1. The first-order valence-corrected chi connectivity index (χ1v) is 9.45. The van der Waals surface area contributed by atoms with Crippen LogP contribution in [0, 0.1) is 6.92 Å². The maximum Gasteiger partial charge on any atom is 0.243 e. The van der Waals surface area contributed by atoms with Crippen molar-refractivity contribution in [1.29, 1.82) is 0 Å². The van der Waals surface area contributed by atoms with Gasteiger partial charge in [-0.1, -0.05) is 48.0 Å². The quantitative estimate of drug-likeness (QED) is 0.696. The molecule has 1 amide bonds. The maximum absolute atomic E-state index is 12.8. The van der Waals surface area contributed by atoms with Gasteiger partial charge < -0.3 is 0 Å². The Morgan fingerprint density at radius 1 is 1.19 bits per heavy atom. The van der Waals surface area contributed by atoms with Crippen LogP contribution in [-0.4, -0.2) is 22.2 Å². The van der Waals surface area contributed by atoms with Gasteiger partial charge in [-0.05, 0) is 62.4 Å². The minimum atomic E-state index is -0.310. The van der Waals surface area contributed by atoms with Crippen molar-refractivity contribution < 1.29 is 4.79 Å². The Kier molecular flexibility index (Phi) is 5.47. The lowest BCUT2D eigenvalue weighted by Crippen LogP contribution is -2.40. The van der Waals surface area contributed by atoms with Crippen LogP contribution >= 0.6 is 11.6 Å². The van der Waals surface area contributed by atoms with Gasteiger partial charge in [0.15, 0.2) is 0 Å². The number of aryl methyl sites for hydroxylation is 2. The summed E-state index contributed by atoms with van der Waals surface area (Å²) in [5.74, 6) is 0.0830. The van der Waals surface area contributed by atoms with E-state index >= 15 is 0 Å². The lowest BCUT2D eigenvalue weighted by atomic mass is 9.94. The summed E-state index contributed by atoms with van der Waals surface area (Å²) in [5.41, 5.74) is 3.98. The van der Waals surface area contributed by atoms with E-state index in [9.17, 15) is 4.79 Å². The molecule has 1 heterocycles. The van der Waals surface area contributed by atoms with Crippen LogP contribution < -0.4 is 0 Å². The van der Waals surface area contributed by atoms with Gasteiger partial charge in [-0.25, -0.2) is 5.01 Å². The van der Waals surface area contributed by atoms with E-state index in [2.05, 4.69) is 37.1 Å². The first-order valence-electron chi connectivity index (χ1n) is 9.07. The third-order valence-corrected chi connectivity index (χ3v) is 4.92. The average molecular weight is 369 g/mol. The first kappa shape index (κ1) is 18.7. The monoisotopic (exact) mass is 368 g/mol. The fraction of sp³-hybridized carbons (Fsp3) is 0.364. The molecule has 0 N–H and O–H groups in total. The molecule has 0 bridgehead atoms. The number of hydrogen-bond acceptors (Lipinski definition) is 2. The van der Waals surface area contributed by atoms with E-state index in [-0.39, 0.29) is 11.4 Å². The van der Waals surface area contributed by atoms with Crippen molar-refractivity contribution >= 4 is 23.2 Å². The number of halogens is 1. The van der Waals surface area contributed by atoms with Gasteiger partial charge in [-0.2, -0.15) is 5.10 Å². The van der Waals surface area contributed by atoms with E-state index < -0.39 is 0 Å². The Bertz CT molecular complexity index is 807. The summed E-state index contributed by atoms with van der Waals surface area (Å²) in [6, 6.07) is 16.2. The molecule has 0 spiro atoms. The molecule has 4 heteroatoms. The summed E-state index contributed by atoms with van der Waals surface area (Å²) in [6.07, 6.45) is 2.97. The highest BCUT2D eigenvalue weighted by Gasteiger charge is 2.38. The largest absolute Gasteiger partial charge is 0.273 e. The molecule has 1 aliphatic heterocycles. The molecule has 0 aliphatic carbocycles. The highest BCUT2D eigenvalue weighted by atomic mass is 35.5. The topological polar surface area (TPSA) is 32.7 Å².